The predicted octanol–water partition coefficient (Wildman–Crippen LogP) is 3.45. The molecule has 2 aromatic rings. The average Bonchev–Trinajstić information content (AvgIpc) is 3.15. The maximum atomic E-state index is 6.10. The number of nitrogens with one attached hydrogen (secondary N) is 1. The number of hydrogen-bond acceptors (Lipinski definition) is 3. The zero-order valence-corrected chi connectivity index (χ0v) is 11.9. The van der Waals surface area contributed by atoms with Crippen LogP contribution in [0.15, 0.2) is 16.5 Å². The van der Waals surface area contributed by atoms with Crippen LogP contribution in [-0.2, 0) is 17.9 Å². The first-order chi connectivity index (χ1) is 9.20. The van der Waals surface area contributed by atoms with E-state index in [1.807, 2.05) is 0 Å². The van der Waals surface area contributed by atoms with Gasteiger partial charge in [0, 0.05) is 24.1 Å². The topological polar surface area (TPSA) is 34.4 Å². The lowest BCUT2D eigenvalue weighted by atomic mass is 10.0. The van der Waals surface area contributed by atoms with Crippen LogP contribution in [0.25, 0.3) is 11.0 Å². The lowest BCUT2D eigenvalue weighted by molar-refractivity contribution is 0.183. The highest BCUT2D eigenvalue weighted by atomic mass is 16.5. The van der Waals surface area contributed by atoms with Crippen LogP contribution in [-0.4, -0.2) is 13.2 Å². The van der Waals surface area contributed by atoms with Crippen molar-refractivity contribution in [1.29, 1.82) is 0 Å². The monoisotopic (exact) mass is 259 g/mol. The van der Waals surface area contributed by atoms with Gasteiger partial charge in [0.1, 0.15) is 11.3 Å². The Balaban J connectivity index is 2.05. The summed E-state index contributed by atoms with van der Waals surface area (Å²) in [6.07, 6.45) is 2.58. The molecule has 0 aliphatic heterocycles. The highest BCUT2D eigenvalue weighted by Crippen LogP contribution is 2.32. The molecule has 1 fully saturated rings. The van der Waals surface area contributed by atoms with Gasteiger partial charge in [-0.05, 0) is 37.8 Å². The fraction of sp³-hybridized carbons (Fsp3) is 0.500. The summed E-state index contributed by atoms with van der Waals surface area (Å²) in [4.78, 5) is 0. The zero-order valence-electron chi connectivity index (χ0n) is 11.9. The van der Waals surface area contributed by atoms with Crippen molar-refractivity contribution < 1.29 is 9.15 Å². The highest BCUT2D eigenvalue weighted by molar-refractivity contribution is 5.88. The Morgan fingerprint density at radius 3 is 2.68 bits per heavy atom. The van der Waals surface area contributed by atoms with Crippen LogP contribution in [0.1, 0.15) is 35.3 Å². The zero-order chi connectivity index (χ0) is 13.4. The second kappa shape index (κ2) is 4.99. The Morgan fingerprint density at radius 1 is 1.26 bits per heavy atom. The maximum absolute atomic E-state index is 6.10. The van der Waals surface area contributed by atoms with Crippen LogP contribution in [0, 0.1) is 13.8 Å². The van der Waals surface area contributed by atoms with Gasteiger partial charge in [0.15, 0.2) is 0 Å². The highest BCUT2D eigenvalue weighted by Gasteiger charge is 2.23. The minimum Gasteiger partial charge on any atom is -0.459 e. The van der Waals surface area contributed by atoms with Crippen molar-refractivity contribution in [3.8, 4) is 0 Å². The molecule has 0 spiro atoms. The van der Waals surface area contributed by atoms with E-state index >= 15 is 0 Å². The predicted molar refractivity (Wildman–Crippen MR) is 76.3 cm³/mol. The van der Waals surface area contributed by atoms with Crippen molar-refractivity contribution in [2.45, 2.75) is 45.9 Å². The van der Waals surface area contributed by atoms with E-state index in [-0.39, 0.29) is 0 Å². The smallest absolute Gasteiger partial charge is 0.137 e. The number of methoxy groups -OCH3 is 1. The molecule has 1 aliphatic rings. The van der Waals surface area contributed by atoms with Crippen molar-refractivity contribution in [3.05, 3.63) is 34.6 Å². The SMILES string of the molecule is COCc1c(CNC2CC2)oc2c(C)ccc(C)c12. The van der Waals surface area contributed by atoms with Gasteiger partial charge >= 0.3 is 0 Å². The number of rotatable bonds is 5. The third-order valence-corrected chi connectivity index (χ3v) is 3.84. The first-order valence-corrected chi connectivity index (χ1v) is 6.93. The number of benzene rings is 1. The van der Waals surface area contributed by atoms with Gasteiger partial charge in [0.25, 0.3) is 0 Å². The number of aryl methyl sites for hydroxylation is 2. The van der Waals surface area contributed by atoms with Crippen molar-refractivity contribution in [2.24, 2.45) is 0 Å². The van der Waals surface area contributed by atoms with E-state index in [2.05, 4.69) is 31.3 Å². The number of furan rings is 1. The van der Waals surface area contributed by atoms with E-state index < -0.39 is 0 Å². The molecule has 0 saturated heterocycles. The largest absolute Gasteiger partial charge is 0.459 e. The Labute approximate surface area is 113 Å². The molecule has 3 rings (SSSR count). The van der Waals surface area contributed by atoms with Gasteiger partial charge in [0.2, 0.25) is 0 Å². The van der Waals surface area contributed by atoms with Gasteiger partial charge in [-0.15, -0.1) is 0 Å². The number of fused-ring (bicyclic) bond motifs is 1. The summed E-state index contributed by atoms with van der Waals surface area (Å²) in [5.74, 6) is 1.03. The molecule has 0 atom stereocenters. The molecule has 1 heterocycles. The molecule has 3 nitrogen and oxygen atoms in total. The van der Waals surface area contributed by atoms with Gasteiger partial charge < -0.3 is 14.5 Å². The Morgan fingerprint density at radius 2 is 2.00 bits per heavy atom. The van der Waals surface area contributed by atoms with Crippen LogP contribution in [0.4, 0.5) is 0 Å². The van der Waals surface area contributed by atoms with E-state index in [4.69, 9.17) is 9.15 Å². The third kappa shape index (κ3) is 2.40. The fourth-order valence-corrected chi connectivity index (χ4v) is 2.58. The molecule has 0 radical (unpaired) electrons. The maximum Gasteiger partial charge on any atom is 0.137 e. The second-order valence-electron chi connectivity index (χ2n) is 5.50. The number of hydrogen-bond donors (Lipinski definition) is 1. The second-order valence-corrected chi connectivity index (χ2v) is 5.50. The van der Waals surface area contributed by atoms with Crippen LogP contribution in [0.3, 0.4) is 0 Å². The molecule has 0 amide bonds. The lowest BCUT2D eigenvalue weighted by Crippen LogP contribution is -2.15. The van der Waals surface area contributed by atoms with Crippen molar-refractivity contribution in [2.75, 3.05) is 7.11 Å². The summed E-state index contributed by atoms with van der Waals surface area (Å²) in [6.45, 7) is 5.64. The summed E-state index contributed by atoms with van der Waals surface area (Å²) in [5, 5.41) is 4.75. The third-order valence-electron chi connectivity index (χ3n) is 3.84. The standard InChI is InChI=1S/C16H21NO2/c1-10-4-5-11(2)16-15(10)13(9-18-3)14(19-16)8-17-12-6-7-12/h4-5,12,17H,6-9H2,1-3H3. The van der Waals surface area contributed by atoms with Crippen LogP contribution in [0.5, 0.6) is 0 Å². The summed E-state index contributed by atoms with van der Waals surface area (Å²) in [5.41, 5.74) is 4.66. The molecule has 1 saturated carbocycles. The van der Waals surface area contributed by atoms with Gasteiger partial charge in [-0.1, -0.05) is 12.1 Å². The van der Waals surface area contributed by atoms with Gasteiger partial charge in [-0.3, -0.25) is 0 Å². The molecular formula is C16H21NO2. The normalized spacial score (nSPS) is 15.3. The van der Waals surface area contributed by atoms with Crippen molar-refractivity contribution >= 4 is 11.0 Å². The number of ether oxygens (including phenoxy) is 1. The summed E-state index contributed by atoms with van der Waals surface area (Å²) < 4.78 is 11.5. The van der Waals surface area contributed by atoms with Gasteiger partial charge in [-0.25, -0.2) is 0 Å². The molecule has 0 unspecified atom stereocenters. The first kappa shape index (κ1) is 12.7. The van der Waals surface area contributed by atoms with E-state index in [1.165, 1.54) is 34.9 Å². The van der Waals surface area contributed by atoms with Gasteiger partial charge in [-0.2, -0.15) is 0 Å². The average molecular weight is 259 g/mol. The van der Waals surface area contributed by atoms with Crippen molar-refractivity contribution in [3.63, 3.8) is 0 Å². The molecule has 1 aliphatic carbocycles. The van der Waals surface area contributed by atoms with Crippen molar-refractivity contribution in [1.82, 2.24) is 5.32 Å². The fourth-order valence-electron chi connectivity index (χ4n) is 2.58. The van der Waals surface area contributed by atoms with Crippen LogP contribution in [0.2, 0.25) is 0 Å². The van der Waals surface area contributed by atoms with E-state index in [0.717, 1.165) is 17.9 Å². The minimum atomic E-state index is 0.610. The summed E-state index contributed by atoms with van der Waals surface area (Å²) >= 11 is 0. The van der Waals surface area contributed by atoms with E-state index in [9.17, 15) is 0 Å². The molecule has 19 heavy (non-hydrogen) atoms. The van der Waals surface area contributed by atoms with Gasteiger partial charge in [0.05, 0.1) is 13.2 Å². The quantitative estimate of drug-likeness (QED) is 0.893. The summed E-state index contributed by atoms with van der Waals surface area (Å²) in [7, 11) is 1.74. The van der Waals surface area contributed by atoms with E-state index in [1.54, 1.807) is 7.11 Å². The Hall–Kier alpha value is -1.32. The molecule has 0 bridgehead atoms. The molecule has 1 N–H and O–H groups in total. The lowest BCUT2D eigenvalue weighted by Gasteiger charge is -2.04. The van der Waals surface area contributed by atoms with Crippen LogP contribution >= 0.6 is 0 Å². The molecule has 1 aromatic carbocycles. The van der Waals surface area contributed by atoms with Crippen LogP contribution < -0.4 is 5.32 Å². The first-order valence-electron chi connectivity index (χ1n) is 6.93. The molecule has 1 aromatic heterocycles. The Kier molecular flexibility index (Phi) is 3.33. The minimum absolute atomic E-state index is 0.610. The van der Waals surface area contributed by atoms with E-state index in [0.29, 0.717) is 12.6 Å². The summed E-state index contributed by atoms with van der Waals surface area (Å²) in [6, 6.07) is 4.96. The Bertz CT molecular complexity index is 596. The molecule has 102 valence electrons. The molecule has 3 heteroatoms. The molecular weight excluding hydrogens is 238 g/mol.